The molecule has 0 aliphatic rings. The molecule has 0 heterocycles. The van der Waals surface area contributed by atoms with E-state index in [1.54, 1.807) is 18.2 Å². The van der Waals surface area contributed by atoms with E-state index >= 15 is 0 Å². The molecule has 100 valence electrons. The average Bonchev–Trinajstić information content (AvgIpc) is 2.42. The molecule has 0 fully saturated rings. The summed E-state index contributed by atoms with van der Waals surface area (Å²) in [6.45, 7) is 0. The number of carboxylic acids is 1. The summed E-state index contributed by atoms with van der Waals surface area (Å²) in [6, 6.07) is 10.5. The van der Waals surface area contributed by atoms with Gasteiger partial charge in [-0.05, 0) is 30.3 Å². The zero-order valence-electron chi connectivity index (χ0n) is 10.0. The minimum absolute atomic E-state index is 0.168. The third-order valence-electron chi connectivity index (χ3n) is 2.61. The van der Waals surface area contributed by atoms with Crippen molar-refractivity contribution in [2.75, 3.05) is 5.32 Å². The van der Waals surface area contributed by atoms with Crippen LogP contribution in [0, 0.1) is 17.1 Å². The zero-order valence-corrected chi connectivity index (χ0v) is 11.6. The normalized spacial score (nSPS) is 9.85. The Morgan fingerprint density at radius 1 is 1.35 bits per heavy atom. The Morgan fingerprint density at radius 2 is 2.10 bits per heavy atom. The van der Waals surface area contributed by atoms with Gasteiger partial charge in [-0.15, -0.1) is 0 Å². The lowest BCUT2D eigenvalue weighted by atomic mass is 10.1. The Hall–Kier alpha value is -2.39. The number of hydrogen-bond acceptors (Lipinski definition) is 3. The molecule has 2 rings (SSSR count). The van der Waals surface area contributed by atoms with E-state index in [1.807, 2.05) is 6.07 Å². The van der Waals surface area contributed by atoms with Crippen LogP contribution in [0.15, 0.2) is 40.9 Å². The number of carbonyl (C=O) groups is 1. The van der Waals surface area contributed by atoms with Gasteiger partial charge in [-0.3, -0.25) is 0 Å². The second kappa shape index (κ2) is 5.72. The highest BCUT2D eigenvalue weighted by Gasteiger charge is 2.15. The molecule has 0 aliphatic carbocycles. The molecule has 20 heavy (non-hydrogen) atoms. The molecule has 0 spiro atoms. The van der Waals surface area contributed by atoms with Crippen LogP contribution in [0.2, 0.25) is 0 Å². The Kier molecular flexibility index (Phi) is 4.01. The van der Waals surface area contributed by atoms with E-state index in [9.17, 15) is 9.18 Å². The van der Waals surface area contributed by atoms with E-state index < -0.39 is 11.8 Å². The van der Waals surface area contributed by atoms with E-state index in [-0.39, 0.29) is 16.8 Å². The van der Waals surface area contributed by atoms with Crippen LogP contribution in [-0.4, -0.2) is 11.1 Å². The summed E-state index contributed by atoms with van der Waals surface area (Å²) in [4.78, 5) is 11.1. The van der Waals surface area contributed by atoms with Crippen molar-refractivity contribution in [2.45, 2.75) is 0 Å². The summed E-state index contributed by atoms with van der Waals surface area (Å²) < 4.78 is 14.5. The number of anilines is 2. The second-order valence-corrected chi connectivity index (χ2v) is 4.81. The number of benzene rings is 2. The van der Waals surface area contributed by atoms with Gasteiger partial charge in [0.15, 0.2) is 0 Å². The molecule has 0 unspecified atom stereocenters. The Balaban J connectivity index is 2.51. The van der Waals surface area contributed by atoms with Crippen molar-refractivity contribution >= 4 is 33.3 Å². The van der Waals surface area contributed by atoms with Gasteiger partial charge < -0.3 is 10.4 Å². The fraction of sp³-hybridized carbons (Fsp3) is 0. The minimum Gasteiger partial charge on any atom is -0.478 e. The first-order chi connectivity index (χ1) is 9.52. The quantitative estimate of drug-likeness (QED) is 0.892. The van der Waals surface area contributed by atoms with Crippen LogP contribution < -0.4 is 5.32 Å². The molecule has 0 aliphatic heterocycles. The topological polar surface area (TPSA) is 73.1 Å². The van der Waals surface area contributed by atoms with Crippen molar-refractivity contribution in [1.82, 2.24) is 0 Å². The lowest BCUT2D eigenvalue weighted by molar-refractivity contribution is 0.0697. The second-order valence-electron chi connectivity index (χ2n) is 3.89. The molecule has 4 nitrogen and oxygen atoms in total. The predicted octanol–water partition coefficient (Wildman–Crippen LogP) is 3.90. The van der Waals surface area contributed by atoms with Crippen LogP contribution in [-0.2, 0) is 0 Å². The number of para-hydroxylation sites is 1. The molecule has 0 saturated heterocycles. The maximum Gasteiger partial charge on any atom is 0.337 e. The zero-order chi connectivity index (χ0) is 14.7. The highest BCUT2D eigenvalue weighted by molar-refractivity contribution is 9.10. The highest BCUT2D eigenvalue weighted by atomic mass is 79.9. The van der Waals surface area contributed by atoms with Gasteiger partial charge in [-0.1, -0.05) is 22.0 Å². The standard InChI is InChI=1S/C14H8BrFN2O2/c15-9-4-5-12(8(6-9)7-17)18-13-10(14(19)20)2-1-3-11(13)16/h1-6,18H,(H,19,20). The van der Waals surface area contributed by atoms with Gasteiger partial charge in [0.1, 0.15) is 11.9 Å². The molecule has 0 amide bonds. The predicted molar refractivity (Wildman–Crippen MR) is 75.5 cm³/mol. The van der Waals surface area contributed by atoms with Crippen molar-refractivity contribution in [3.63, 3.8) is 0 Å². The average molecular weight is 335 g/mol. The number of nitrogens with one attached hydrogen (secondary N) is 1. The molecule has 0 atom stereocenters. The maximum atomic E-state index is 13.8. The third-order valence-corrected chi connectivity index (χ3v) is 3.10. The maximum absolute atomic E-state index is 13.8. The van der Waals surface area contributed by atoms with Crippen LogP contribution in [0.3, 0.4) is 0 Å². The first kappa shape index (κ1) is 14.0. The Morgan fingerprint density at radius 3 is 2.75 bits per heavy atom. The van der Waals surface area contributed by atoms with Crippen LogP contribution in [0.5, 0.6) is 0 Å². The van der Waals surface area contributed by atoms with Gasteiger partial charge in [-0.25, -0.2) is 9.18 Å². The molecule has 2 aromatic rings. The van der Waals surface area contributed by atoms with Crippen molar-refractivity contribution in [3.8, 4) is 6.07 Å². The number of aromatic carboxylic acids is 1. The number of halogens is 2. The first-order valence-corrected chi connectivity index (χ1v) is 6.30. The van der Waals surface area contributed by atoms with Crippen molar-refractivity contribution < 1.29 is 14.3 Å². The van der Waals surface area contributed by atoms with Gasteiger partial charge in [0.2, 0.25) is 0 Å². The van der Waals surface area contributed by atoms with E-state index in [1.165, 1.54) is 12.1 Å². The molecule has 2 N–H and O–H groups in total. The number of rotatable bonds is 3. The first-order valence-electron chi connectivity index (χ1n) is 5.51. The molecular formula is C14H8BrFN2O2. The third kappa shape index (κ3) is 2.78. The molecule has 6 heteroatoms. The summed E-state index contributed by atoms with van der Waals surface area (Å²) in [5, 5.41) is 20.8. The molecule has 0 bridgehead atoms. The van der Waals surface area contributed by atoms with E-state index in [4.69, 9.17) is 10.4 Å². The largest absolute Gasteiger partial charge is 0.478 e. The van der Waals surface area contributed by atoms with Gasteiger partial charge in [0.05, 0.1) is 22.5 Å². The van der Waals surface area contributed by atoms with Crippen LogP contribution in [0.25, 0.3) is 0 Å². The summed E-state index contributed by atoms with van der Waals surface area (Å²) >= 11 is 3.23. The Labute approximate surface area is 122 Å². The lowest BCUT2D eigenvalue weighted by Crippen LogP contribution is -2.05. The SMILES string of the molecule is N#Cc1cc(Br)ccc1Nc1c(F)cccc1C(=O)O. The lowest BCUT2D eigenvalue weighted by Gasteiger charge is -2.12. The van der Waals surface area contributed by atoms with E-state index in [0.29, 0.717) is 10.2 Å². The van der Waals surface area contributed by atoms with Gasteiger partial charge in [0.25, 0.3) is 0 Å². The smallest absolute Gasteiger partial charge is 0.337 e. The fourth-order valence-electron chi connectivity index (χ4n) is 1.68. The molecule has 0 aromatic heterocycles. The van der Waals surface area contributed by atoms with Crippen molar-refractivity contribution in [3.05, 3.63) is 57.8 Å². The fourth-order valence-corrected chi connectivity index (χ4v) is 2.04. The Bertz CT molecular complexity index is 726. The highest BCUT2D eigenvalue weighted by Crippen LogP contribution is 2.28. The van der Waals surface area contributed by atoms with Crippen molar-refractivity contribution in [2.24, 2.45) is 0 Å². The summed E-state index contributed by atoms with van der Waals surface area (Å²) in [5.41, 5.74) is 0.248. The molecular weight excluding hydrogens is 327 g/mol. The molecule has 2 aromatic carbocycles. The number of hydrogen-bond donors (Lipinski definition) is 2. The summed E-state index contributed by atoms with van der Waals surface area (Å²) in [6.07, 6.45) is 0. The van der Waals surface area contributed by atoms with Crippen LogP contribution in [0.1, 0.15) is 15.9 Å². The van der Waals surface area contributed by atoms with Crippen LogP contribution >= 0.6 is 15.9 Å². The summed E-state index contributed by atoms with van der Waals surface area (Å²) in [7, 11) is 0. The number of nitriles is 1. The van der Waals surface area contributed by atoms with Crippen LogP contribution in [0.4, 0.5) is 15.8 Å². The monoisotopic (exact) mass is 334 g/mol. The van der Waals surface area contributed by atoms with E-state index in [2.05, 4.69) is 21.2 Å². The molecule has 0 radical (unpaired) electrons. The molecule has 0 saturated carbocycles. The van der Waals surface area contributed by atoms with Crippen molar-refractivity contribution in [1.29, 1.82) is 5.26 Å². The number of nitrogens with zero attached hydrogens (tertiary/aromatic N) is 1. The van der Waals surface area contributed by atoms with Gasteiger partial charge >= 0.3 is 5.97 Å². The number of carboxylic acid groups (broad SMARTS) is 1. The minimum atomic E-state index is -1.25. The van der Waals surface area contributed by atoms with Gasteiger partial charge in [-0.2, -0.15) is 5.26 Å². The van der Waals surface area contributed by atoms with E-state index in [0.717, 1.165) is 6.07 Å². The summed E-state index contributed by atoms with van der Waals surface area (Å²) in [5.74, 6) is -1.95. The van der Waals surface area contributed by atoms with Gasteiger partial charge in [0, 0.05) is 4.47 Å².